The highest BCUT2D eigenvalue weighted by Gasteiger charge is 2.07. The van der Waals surface area contributed by atoms with Crippen LogP contribution < -0.4 is 15.4 Å². The zero-order chi connectivity index (χ0) is 19.2. The number of nitrogens with zero attached hydrogens (tertiary/aromatic N) is 1. The zero-order valence-corrected chi connectivity index (χ0v) is 15.7. The largest absolute Gasteiger partial charge is 0.497 e. The zero-order valence-electron chi connectivity index (χ0n) is 15.7. The van der Waals surface area contributed by atoms with E-state index < -0.39 is 0 Å². The van der Waals surface area contributed by atoms with Gasteiger partial charge in [-0.3, -0.25) is 4.79 Å². The summed E-state index contributed by atoms with van der Waals surface area (Å²) in [5.41, 5.74) is 3.45. The highest BCUT2D eigenvalue weighted by molar-refractivity contribution is 6.04. The fourth-order valence-electron chi connectivity index (χ4n) is 2.58. The van der Waals surface area contributed by atoms with Gasteiger partial charge in [-0.25, -0.2) is 4.98 Å². The minimum atomic E-state index is -0.208. The van der Waals surface area contributed by atoms with Crippen LogP contribution in [0.5, 0.6) is 5.75 Å². The number of methoxy groups -OCH3 is 1. The van der Waals surface area contributed by atoms with E-state index in [1.165, 1.54) is 5.56 Å². The van der Waals surface area contributed by atoms with E-state index in [9.17, 15) is 4.79 Å². The molecule has 0 atom stereocenters. The number of carbonyl (C=O) groups excluding carboxylic acids is 1. The molecule has 5 nitrogen and oxygen atoms in total. The number of anilines is 3. The first-order chi connectivity index (χ1) is 13.0. The monoisotopic (exact) mass is 361 g/mol. The average molecular weight is 361 g/mol. The maximum absolute atomic E-state index is 12.3. The summed E-state index contributed by atoms with van der Waals surface area (Å²) in [7, 11) is 1.60. The molecule has 0 bridgehead atoms. The van der Waals surface area contributed by atoms with Crippen LogP contribution >= 0.6 is 0 Å². The molecule has 1 heterocycles. The summed E-state index contributed by atoms with van der Waals surface area (Å²) >= 11 is 0. The van der Waals surface area contributed by atoms with Crippen LogP contribution in [0.1, 0.15) is 35.7 Å². The predicted molar refractivity (Wildman–Crippen MR) is 109 cm³/mol. The smallest absolute Gasteiger partial charge is 0.257 e. The molecule has 2 N–H and O–H groups in total. The molecule has 3 aromatic rings. The summed E-state index contributed by atoms with van der Waals surface area (Å²) in [4.78, 5) is 16.7. The number of carbonyl (C=O) groups is 1. The molecule has 0 aliphatic rings. The molecule has 0 unspecified atom stereocenters. The number of rotatable bonds is 6. The third kappa shape index (κ3) is 4.85. The topological polar surface area (TPSA) is 63.2 Å². The van der Waals surface area contributed by atoms with Gasteiger partial charge in [-0.15, -0.1) is 0 Å². The van der Waals surface area contributed by atoms with E-state index in [0.717, 1.165) is 11.4 Å². The van der Waals surface area contributed by atoms with Crippen molar-refractivity contribution in [2.45, 2.75) is 19.8 Å². The van der Waals surface area contributed by atoms with Gasteiger partial charge in [0.05, 0.1) is 12.7 Å². The van der Waals surface area contributed by atoms with Crippen molar-refractivity contribution >= 4 is 23.1 Å². The molecule has 2 aromatic carbocycles. The predicted octanol–water partition coefficient (Wildman–Crippen LogP) is 5.21. The molecule has 27 heavy (non-hydrogen) atoms. The molecule has 1 amide bonds. The summed E-state index contributed by atoms with van der Waals surface area (Å²) in [5, 5.41) is 6.08. The molecule has 5 heteroatoms. The van der Waals surface area contributed by atoms with Gasteiger partial charge in [0.1, 0.15) is 11.6 Å². The van der Waals surface area contributed by atoms with E-state index in [2.05, 4.69) is 41.6 Å². The minimum Gasteiger partial charge on any atom is -0.497 e. The summed E-state index contributed by atoms with van der Waals surface area (Å²) < 4.78 is 5.11. The van der Waals surface area contributed by atoms with Crippen molar-refractivity contribution in [3.8, 4) is 5.75 Å². The number of nitrogens with one attached hydrogen (secondary N) is 2. The van der Waals surface area contributed by atoms with E-state index in [-0.39, 0.29) is 5.91 Å². The summed E-state index contributed by atoms with van der Waals surface area (Å²) in [6.07, 6.45) is 1.56. The second-order valence-electron chi connectivity index (χ2n) is 6.52. The van der Waals surface area contributed by atoms with Gasteiger partial charge in [0.15, 0.2) is 0 Å². The van der Waals surface area contributed by atoms with E-state index in [4.69, 9.17) is 4.74 Å². The first-order valence-electron chi connectivity index (χ1n) is 8.83. The van der Waals surface area contributed by atoms with Gasteiger partial charge < -0.3 is 15.4 Å². The van der Waals surface area contributed by atoms with Gasteiger partial charge in [0.2, 0.25) is 0 Å². The van der Waals surface area contributed by atoms with Crippen molar-refractivity contribution in [1.29, 1.82) is 0 Å². The van der Waals surface area contributed by atoms with Crippen molar-refractivity contribution in [2.75, 3.05) is 17.7 Å². The van der Waals surface area contributed by atoms with E-state index in [0.29, 0.717) is 23.0 Å². The second kappa shape index (κ2) is 8.36. The Labute approximate surface area is 159 Å². The molecule has 0 aliphatic carbocycles. The Balaban J connectivity index is 1.62. The number of amides is 1. The number of benzene rings is 2. The Morgan fingerprint density at radius 1 is 0.926 bits per heavy atom. The molecule has 0 radical (unpaired) electrons. The fraction of sp³-hybridized carbons (Fsp3) is 0.182. The maximum atomic E-state index is 12.3. The summed E-state index contributed by atoms with van der Waals surface area (Å²) in [6, 6.07) is 19.0. The normalized spacial score (nSPS) is 10.5. The minimum absolute atomic E-state index is 0.208. The van der Waals surface area contributed by atoms with E-state index in [1.54, 1.807) is 49.7 Å². The molecular weight excluding hydrogens is 338 g/mol. The van der Waals surface area contributed by atoms with Gasteiger partial charge in [-0.05, 0) is 60.0 Å². The Hall–Kier alpha value is -3.34. The van der Waals surface area contributed by atoms with Crippen LogP contribution in [-0.4, -0.2) is 18.0 Å². The number of pyridine rings is 1. The lowest BCUT2D eigenvalue weighted by Crippen LogP contribution is -2.12. The summed E-state index contributed by atoms with van der Waals surface area (Å²) in [6.45, 7) is 4.33. The number of hydrogen-bond acceptors (Lipinski definition) is 4. The number of aromatic nitrogens is 1. The molecule has 3 rings (SSSR count). The lowest BCUT2D eigenvalue weighted by molar-refractivity contribution is 0.102. The molecule has 0 fully saturated rings. The highest BCUT2D eigenvalue weighted by atomic mass is 16.5. The van der Waals surface area contributed by atoms with Gasteiger partial charge >= 0.3 is 0 Å². The van der Waals surface area contributed by atoms with Crippen LogP contribution in [0.2, 0.25) is 0 Å². The standard InChI is InChI=1S/C22H23N3O2/c1-15(2)16-4-7-18(8-5-16)24-21-13-6-17(14-23-21)22(26)25-19-9-11-20(27-3)12-10-19/h4-15H,1-3H3,(H,23,24)(H,25,26). The molecule has 0 saturated heterocycles. The Bertz CT molecular complexity index is 886. The Morgan fingerprint density at radius 3 is 2.15 bits per heavy atom. The summed E-state index contributed by atoms with van der Waals surface area (Å²) in [5.74, 6) is 1.72. The van der Waals surface area contributed by atoms with Crippen molar-refractivity contribution in [3.05, 3.63) is 78.0 Å². The third-order valence-electron chi connectivity index (χ3n) is 4.22. The lowest BCUT2D eigenvalue weighted by atomic mass is 10.0. The maximum Gasteiger partial charge on any atom is 0.257 e. The van der Waals surface area contributed by atoms with Crippen molar-refractivity contribution < 1.29 is 9.53 Å². The Kier molecular flexibility index (Phi) is 5.71. The van der Waals surface area contributed by atoms with Crippen LogP contribution in [0, 0.1) is 0 Å². The molecular formula is C22H23N3O2. The Morgan fingerprint density at radius 2 is 1.59 bits per heavy atom. The molecule has 0 aliphatic heterocycles. The van der Waals surface area contributed by atoms with Crippen LogP contribution in [0.15, 0.2) is 66.9 Å². The van der Waals surface area contributed by atoms with Gasteiger partial charge in [-0.1, -0.05) is 26.0 Å². The van der Waals surface area contributed by atoms with Gasteiger partial charge in [0.25, 0.3) is 5.91 Å². The molecule has 0 saturated carbocycles. The van der Waals surface area contributed by atoms with Crippen LogP contribution in [0.4, 0.5) is 17.2 Å². The van der Waals surface area contributed by atoms with Crippen molar-refractivity contribution in [3.63, 3.8) is 0 Å². The first kappa shape index (κ1) is 18.5. The number of hydrogen-bond donors (Lipinski definition) is 2. The lowest BCUT2D eigenvalue weighted by Gasteiger charge is -2.10. The molecule has 0 spiro atoms. The SMILES string of the molecule is COc1ccc(NC(=O)c2ccc(Nc3ccc(C(C)C)cc3)nc2)cc1. The quantitative estimate of drug-likeness (QED) is 0.633. The second-order valence-corrected chi connectivity index (χ2v) is 6.52. The molecule has 138 valence electrons. The van der Waals surface area contributed by atoms with Crippen molar-refractivity contribution in [2.24, 2.45) is 0 Å². The van der Waals surface area contributed by atoms with Gasteiger partial charge in [0, 0.05) is 17.6 Å². The van der Waals surface area contributed by atoms with Crippen LogP contribution in [0.3, 0.4) is 0 Å². The number of ether oxygens (including phenoxy) is 1. The van der Waals surface area contributed by atoms with Gasteiger partial charge in [-0.2, -0.15) is 0 Å². The van der Waals surface area contributed by atoms with Crippen LogP contribution in [-0.2, 0) is 0 Å². The fourth-order valence-corrected chi connectivity index (χ4v) is 2.58. The van der Waals surface area contributed by atoms with Crippen LogP contribution in [0.25, 0.3) is 0 Å². The first-order valence-corrected chi connectivity index (χ1v) is 8.83. The third-order valence-corrected chi connectivity index (χ3v) is 4.22. The highest BCUT2D eigenvalue weighted by Crippen LogP contribution is 2.20. The van der Waals surface area contributed by atoms with E-state index >= 15 is 0 Å². The average Bonchev–Trinajstić information content (AvgIpc) is 2.69. The van der Waals surface area contributed by atoms with Crippen molar-refractivity contribution in [1.82, 2.24) is 4.98 Å². The molecule has 1 aromatic heterocycles. The van der Waals surface area contributed by atoms with E-state index in [1.807, 2.05) is 12.1 Å².